The predicted octanol–water partition coefficient (Wildman–Crippen LogP) is 11.9. The van der Waals surface area contributed by atoms with Gasteiger partial charge in [0, 0.05) is 50.8 Å². The average Bonchev–Trinajstić information content (AvgIpc) is 3.71. The number of nitrogens with zero attached hydrogens (tertiary/aromatic N) is 3. The summed E-state index contributed by atoms with van der Waals surface area (Å²) in [6, 6.07) is 65.1. The maximum absolute atomic E-state index is 2.38. The van der Waals surface area contributed by atoms with E-state index in [-0.39, 0.29) is 0 Å². The zero-order chi connectivity index (χ0) is 31.2. The number of benzene rings is 7. The number of hydrogen-bond donors (Lipinski definition) is 0. The van der Waals surface area contributed by atoms with E-state index in [4.69, 9.17) is 0 Å². The van der Waals surface area contributed by atoms with Crippen molar-refractivity contribution < 1.29 is 0 Å². The average molecular weight is 602 g/mol. The summed E-state index contributed by atoms with van der Waals surface area (Å²) in [5.74, 6) is 0. The smallest absolute Gasteiger partial charge is 0.0548 e. The molecule has 0 aliphatic carbocycles. The molecule has 9 rings (SSSR count). The van der Waals surface area contributed by atoms with Gasteiger partial charge < -0.3 is 14.0 Å². The maximum atomic E-state index is 2.38. The van der Waals surface area contributed by atoms with Crippen molar-refractivity contribution >= 4 is 49.8 Å². The van der Waals surface area contributed by atoms with E-state index >= 15 is 0 Å². The predicted molar refractivity (Wildman–Crippen MR) is 198 cm³/mol. The molecule has 3 nitrogen and oxygen atoms in total. The Hall–Kier alpha value is -6.32. The molecule has 0 amide bonds. The Balaban J connectivity index is 1.12. The molecule has 0 spiro atoms. The lowest BCUT2D eigenvalue weighted by Gasteiger charge is -2.26. The first-order chi connectivity index (χ1) is 23.3. The van der Waals surface area contributed by atoms with Gasteiger partial charge in [0.2, 0.25) is 0 Å². The topological polar surface area (TPSA) is 13.1 Å². The minimum absolute atomic E-state index is 1.11. The summed E-state index contributed by atoms with van der Waals surface area (Å²) in [5.41, 5.74) is 11.7. The molecule has 7 aromatic carbocycles. The van der Waals surface area contributed by atoms with E-state index in [9.17, 15) is 0 Å². The van der Waals surface area contributed by atoms with Crippen LogP contribution in [0.2, 0.25) is 0 Å². The van der Waals surface area contributed by atoms with Crippen LogP contribution in [0.4, 0.5) is 17.1 Å². The number of hydrogen-bond acceptors (Lipinski definition) is 1. The molecule has 0 saturated heterocycles. The highest BCUT2D eigenvalue weighted by atomic mass is 15.1. The summed E-state index contributed by atoms with van der Waals surface area (Å²) in [7, 11) is 0. The summed E-state index contributed by atoms with van der Waals surface area (Å²) in [5, 5.41) is 3.72. The van der Waals surface area contributed by atoms with Gasteiger partial charge in [-0.05, 0) is 96.1 Å². The molecular weight excluding hydrogens is 571 g/mol. The van der Waals surface area contributed by atoms with Gasteiger partial charge in [-0.1, -0.05) is 97.1 Å². The molecule has 0 fully saturated rings. The van der Waals surface area contributed by atoms with Crippen molar-refractivity contribution in [3.8, 4) is 22.5 Å². The number of fused-ring (bicyclic) bond motifs is 4. The third-order valence-electron chi connectivity index (χ3n) is 9.13. The molecule has 0 unspecified atom stereocenters. The van der Waals surface area contributed by atoms with Crippen molar-refractivity contribution in [3.05, 3.63) is 188 Å². The molecule has 9 aromatic rings. The highest BCUT2D eigenvalue weighted by Gasteiger charge is 2.16. The van der Waals surface area contributed by atoms with Crippen LogP contribution in [0.3, 0.4) is 0 Å². The number of anilines is 3. The highest BCUT2D eigenvalue weighted by Crippen LogP contribution is 2.38. The number of aromatic nitrogens is 2. The van der Waals surface area contributed by atoms with Crippen molar-refractivity contribution in [1.82, 2.24) is 9.13 Å². The first-order valence-electron chi connectivity index (χ1n) is 16.0. The summed E-state index contributed by atoms with van der Waals surface area (Å²) >= 11 is 0. The van der Waals surface area contributed by atoms with E-state index in [2.05, 4.69) is 202 Å². The number of para-hydroxylation sites is 3. The molecule has 2 aromatic heterocycles. The Bertz CT molecular complexity index is 2470. The van der Waals surface area contributed by atoms with Crippen LogP contribution >= 0.6 is 0 Å². The van der Waals surface area contributed by atoms with Gasteiger partial charge in [0.15, 0.2) is 0 Å². The SMILES string of the molecule is c1ccc(-c2ccc(N(c3ccccc3)c3ccc(-n4ccc5cc6c(cc54)c4ccccc4n6-c4ccccc4)cc3)cc2)cc1. The van der Waals surface area contributed by atoms with Crippen molar-refractivity contribution in [3.63, 3.8) is 0 Å². The molecule has 0 atom stereocenters. The fourth-order valence-corrected chi connectivity index (χ4v) is 6.90. The van der Waals surface area contributed by atoms with Gasteiger partial charge in [-0.2, -0.15) is 0 Å². The van der Waals surface area contributed by atoms with E-state index in [0.717, 1.165) is 22.7 Å². The van der Waals surface area contributed by atoms with Crippen LogP contribution in [0.5, 0.6) is 0 Å². The van der Waals surface area contributed by atoms with E-state index in [1.165, 1.54) is 49.5 Å². The van der Waals surface area contributed by atoms with Crippen molar-refractivity contribution in [2.24, 2.45) is 0 Å². The van der Waals surface area contributed by atoms with Gasteiger partial charge in [-0.3, -0.25) is 0 Å². The summed E-state index contributed by atoms with van der Waals surface area (Å²) in [6.45, 7) is 0. The van der Waals surface area contributed by atoms with Crippen molar-refractivity contribution in [2.75, 3.05) is 4.90 Å². The first kappa shape index (κ1) is 27.0. The minimum Gasteiger partial charge on any atom is -0.317 e. The van der Waals surface area contributed by atoms with Gasteiger partial charge >= 0.3 is 0 Å². The normalized spacial score (nSPS) is 11.4. The van der Waals surface area contributed by atoms with Crippen LogP contribution in [0, 0.1) is 0 Å². The Morgan fingerprint density at radius 3 is 1.66 bits per heavy atom. The van der Waals surface area contributed by atoms with Gasteiger partial charge in [0.25, 0.3) is 0 Å². The lowest BCUT2D eigenvalue weighted by atomic mass is 10.0. The van der Waals surface area contributed by atoms with E-state index in [0.29, 0.717) is 0 Å². The van der Waals surface area contributed by atoms with Crippen LogP contribution in [0.1, 0.15) is 0 Å². The molecule has 3 heteroatoms. The van der Waals surface area contributed by atoms with Gasteiger partial charge in [0.1, 0.15) is 0 Å². The molecule has 2 heterocycles. The standard InChI is InChI=1S/C44H31N3/c1-4-12-32(13-5-1)33-20-22-38(23-21-33)46(36-14-6-2-7-15-36)39-26-24-35(25-27-39)45-29-28-34-30-44-41(31-43(34)45)40-18-10-11-19-42(40)47(44)37-16-8-3-9-17-37/h1-31H. The summed E-state index contributed by atoms with van der Waals surface area (Å²) in [6.07, 6.45) is 2.19. The lowest BCUT2D eigenvalue weighted by molar-refractivity contribution is 1.13. The Morgan fingerprint density at radius 2 is 0.936 bits per heavy atom. The molecule has 0 aliphatic heterocycles. The van der Waals surface area contributed by atoms with Gasteiger partial charge in [0.05, 0.1) is 16.6 Å². The van der Waals surface area contributed by atoms with Crippen LogP contribution < -0.4 is 4.90 Å². The molecule has 0 aliphatic rings. The highest BCUT2D eigenvalue weighted by molar-refractivity contribution is 6.13. The van der Waals surface area contributed by atoms with Gasteiger partial charge in [-0.15, -0.1) is 0 Å². The Labute approximate surface area is 273 Å². The largest absolute Gasteiger partial charge is 0.317 e. The Kier molecular flexibility index (Phi) is 6.46. The van der Waals surface area contributed by atoms with Crippen LogP contribution in [0.25, 0.3) is 55.2 Å². The quantitative estimate of drug-likeness (QED) is 0.185. The third kappa shape index (κ3) is 4.68. The van der Waals surface area contributed by atoms with Crippen LogP contribution in [-0.2, 0) is 0 Å². The second-order valence-electron chi connectivity index (χ2n) is 11.9. The fraction of sp³-hybridized carbons (Fsp3) is 0. The maximum Gasteiger partial charge on any atom is 0.0548 e. The Morgan fingerprint density at radius 1 is 0.362 bits per heavy atom. The summed E-state index contributed by atoms with van der Waals surface area (Å²) < 4.78 is 4.68. The first-order valence-corrected chi connectivity index (χ1v) is 16.0. The van der Waals surface area contributed by atoms with Crippen LogP contribution in [-0.4, -0.2) is 9.13 Å². The molecule has 0 N–H and O–H groups in total. The fourth-order valence-electron chi connectivity index (χ4n) is 6.90. The molecule has 47 heavy (non-hydrogen) atoms. The zero-order valence-electron chi connectivity index (χ0n) is 25.7. The van der Waals surface area contributed by atoms with Crippen LogP contribution in [0.15, 0.2) is 188 Å². The lowest BCUT2D eigenvalue weighted by Crippen LogP contribution is -2.09. The molecular formula is C44H31N3. The molecule has 0 bridgehead atoms. The molecule has 0 saturated carbocycles. The second kappa shape index (κ2) is 11.2. The van der Waals surface area contributed by atoms with E-state index in [1.807, 2.05) is 0 Å². The minimum atomic E-state index is 1.11. The number of rotatable bonds is 6. The van der Waals surface area contributed by atoms with Gasteiger partial charge in [-0.25, -0.2) is 0 Å². The van der Waals surface area contributed by atoms with Crippen molar-refractivity contribution in [2.45, 2.75) is 0 Å². The summed E-state index contributed by atoms with van der Waals surface area (Å²) in [4.78, 5) is 2.31. The van der Waals surface area contributed by atoms with E-state index < -0.39 is 0 Å². The third-order valence-corrected chi connectivity index (χ3v) is 9.13. The second-order valence-corrected chi connectivity index (χ2v) is 11.9. The molecule has 0 radical (unpaired) electrons. The molecule has 222 valence electrons. The van der Waals surface area contributed by atoms with E-state index in [1.54, 1.807) is 0 Å². The zero-order valence-corrected chi connectivity index (χ0v) is 25.7. The monoisotopic (exact) mass is 601 g/mol. The van der Waals surface area contributed by atoms with Crippen molar-refractivity contribution in [1.29, 1.82) is 0 Å².